The van der Waals surface area contributed by atoms with E-state index in [-0.39, 0.29) is 6.10 Å². The summed E-state index contributed by atoms with van der Waals surface area (Å²) in [4.78, 5) is 9.14. The first kappa shape index (κ1) is 21.5. The van der Waals surface area contributed by atoms with Gasteiger partial charge in [0.15, 0.2) is 11.6 Å². The van der Waals surface area contributed by atoms with E-state index >= 15 is 0 Å². The van der Waals surface area contributed by atoms with Gasteiger partial charge in [-0.15, -0.1) is 5.10 Å². The third-order valence-electron chi connectivity index (χ3n) is 6.15. The van der Waals surface area contributed by atoms with Gasteiger partial charge in [0.2, 0.25) is 5.88 Å². The molecule has 170 valence electrons. The molecule has 0 spiro atoms. The van der Waals surface area contributed by atoms with Crippen LogP contribution in [0.25, 0.3) is 11.5 Å². The van der Waals surface area contributed by atoms with E-state index in [1.165, 1.54) is 16.7 Å². The van der Waals surface area contributed by atoms with Crippen LogP contribution in [0, 0.1) is 6.92 Å². The summed E-state index contributed by atoms with van der Waals surface area (Å²) in [6.45, 7) is 5.97. The summed E-state index contributed by atoms with van der Waals surface area (Å²) in [5.41, 5.74) is 3.90. The van der Waals surface area contributed by atoms with Crippen LogP contribution >= 0.6 is 11.6 Å². The maximum atomic E-state index is 6.38. The lowest BCUT2D eigenvalue weighted by Gasteiger charge is -2.26. The summed E-state index contributed by atoms with van der Waals surface area (Å²) in [5.74, 6) is 2.09. The molecule has 33 heavy (non-hydrogen) atoms. The summed E-state index contributed by atoms with van der Waals surface area (Å²) in [5, 5.41) is 16.9. The summed E-state index contributed by atoms with van der Waals surface area (Å²) < 4.78 is 13.0. The zero-order chi connectivity index (χ0) is 23.2. The van der Waals surface area contributed by atoms with E-state index in [0.29, 0.717) is 34.6 Å². The summed E-state index contributed by atoms with van der Waals surface area (Å²) >= 11 is 6.38. The van der Waals surface area contributed by atoms with Gasteiger partial charge in [-0.1, -0.05) is 35.0 Å². The van der Waals surface area contributed by atoms with Gasteiger partial charge in [-0.25, -0.2) is 9.67 Å². The SMILES string of the molecule is Cc1cccc2c1CC[C@]2(Cc1nnnn1C)c1noc(-c2cnc(OC(C)C)c(Cl)c2)n1. The van der Waals surface area contributed by atoms with Crippen molar-refractivity contribution < 1.29 is 9.26 Å². The van der Waals surface area contributed by atoms with Gasteiger partial charge in [0.1, 0.15) is 5.02 Å². The molecule has 0 saturated carbocycles. The molecule has 0 bridgehead atoms. The number of aromatic nitrogens is 7. The van der Waals surface area contributed by atoms with Gasteiger partial charge in [0.05, 0.1) is 17.1 Å². The number of hydrogen-bond donors (Lipinski definition) is 0. The van der Waals surface area contributed by atoms with Gasteiger partial charge >= 0.3 is 0 Å². The Kier molecular flexibility index (Phi) is 5.36. The molecule has 1 aliphatic rings. The van der Waals surface area contributed by atoms with E-state index in [0.717, 1.165) is 18.7 Å². The minimum absolute atomic E-state index is 0.0308. The summed E-state index contributed by atoms with van der Waals surface area (Å²) in [6, 6.07) is 8.08. The monoisotopic (exact) mass is 465 g/mol. The third-order valence-corrected chi connectivity index (χ3v) is 6.42. The number of fused-ring (bicyclic) bond motifs is 1. The molecule has 10 heteroatoms. The Labute approximate surface area is 196 Å². The van der Waals surface area contributed by atoms with Crippen molar-refractivity contribution in [2.75, 3.05) is 0 Å². The standard InChI is InChI=1S/C23H24ClN7O2/c1-13(2)32-21-18(24)10-15(12-25-21)20-26-22(28-33-20)23(11-19-27-29-30-31(19)4)9-8-16-14(3)6-5-7-17(16)23/h5-7,10,12-13H,8-9,11H2,1-4H3/t23-/m1/s1. The molecule has 0 fully saturated rings. The largest absolute Gasteiger partial charge is 0.474 e. The molecule has 3 aromatic heterocycles. The van der Waals surface area contributed by atoms with Crippen LogP contribution in [0.1, 0.15) is 48.6 Å². The first-order valence-electron chi connectivity index (χ1n) is 10.8. The van der Waals surface area contributed by atoms with E-state index < -0.39 is 5.41 Å². The molecule has 0 amide bonds. The van der Waals surface area contributed by atoms with Crippen LogP contribution in [0.15, 0.2) is 35.0 Å². The van der Waals surface area contributed by atoms with E-state index in [1.807, 2.05) is 20.9 Å². The molecule has 0 saturated heterocycles. The van der Waals surface area contributed by atoms with E-state index in [1.54, 1.807) is 16.9 Å². The lowest BCUT2D eigenvalue weighted by atomic mass is 9.77. The zero-order valence-electron chi connectivity index (χ0n) is 18.9. The van der Waals surface area contributed by atoms with E-state index in [9.17, 15) is 0 Å². The topological polar surface area (TPSA) is 105 Å². The number of halogens is 1. The van der Waals surface area contributed by atoms with Gasteiger partial charge < -0.3 is 9.26 Å². The highest BCUT2D eigenvalue weighted by Crippen LogP contribution is 2.46. The smallest absolute Gasteiger partial charge is 0.259 e. The molecule has 9 nitrogen and oxygen atoms in total. The van der Waals surface area contributed by atoms with E-state index in [4.69, 9.17) is 25.8 Å². The van der Waals surface area contributed by atoms with Crippen molar-refractivity contribution in [1.82, 2.24) is 35.3 Å². The highest BCUT2D eigenvalue weighted by Gasteiger charge is 2.46. The number of benzene rings is 1. The predicted molar refractivity (Wildman–Crippen MR) is 121 cm³/mol. The average molecular weight is 466 g/mol. The Morgan fingerprint density at radius 3 is 2.88 bits per heavy atom. The number of tetrazole rings is 1. The van der Waals surface area contributed by atoms with Gasteiger partial charge in [-0.2, -0.15) is 4.98 Å². The van der Waals surface area contributed by atoms with Crippen molar-refractivity contribution >= 4 is 11.6 Å². The minimum atomic E-state index is -0.497. The molecule has 3 heterocycles. The van der Waals surface area contributed by atoms with Gasteiger partial charge in [-0.3, -0.25) is 0 Å². The maximum Gasteiger partial charge on any atom is 0.259 e. The third kappa shape index (κ3) is 3.76. The molecular formula is C23H24ClN7O2. The molecule has 0 unspecified atom stereocenters. The quantitative estimate of drug-likeness (QED) is 0.422. The average Bonchev–Trinajstić information content (AvgIpc) is 3.50. The first-order valence-corrected chi connectivity index (χ1v) is 11.2. The van der Waals surface area contributed by atoms with Crippen LogP contribution in [-0.2, 0) is 25.3 Å². The lowest BCUT2D eigenvalue weighted by molar-refractivity contribution is 0.233. The van der Waals surface area contributed by atoms with Crippen LogP contribution in [0.3, 0.4) is 0 Å². The van der Waals surface area contributed by atoms with Crippen LogP contribution < -0.4 is 4.74 Å². The molecule has 0 aliphatic heterocycles. The van der Waals surface area contributed by atoms with Crippen LogP contribution in [-0.4, -0.2) is 41.4 Å². The highest BCUT2D eigenvalue weighted by atomic mass is 35.5. The van der Waals surface area contributed by atoms with Crippen LogP contribution in [0.2, 0.25) is 5.02 Å². The number of ether oxygens (including phenoxy) is 1. The Morgan fingerprint density at radius 2 is 2.15 bits per heavy atom. The van der Waals surface area contributed by atoms with Gasteiger partial charge in [0.25, 0.3) is 5.89 Å². The number of nitrogens with zero attached hydrogens (tertiary/aromatic N) is 7. The molecular weight excluding hydrogens is 442 g/mol. The second-order valence-electron chi connectivity index (χ2n) is 8.68. The number of rotatable bonds is 6. The number of aryl methyl sites for hydroxylation is 2. The number of hydrogen-bond acceptors (Lipinski definition) is 8. The summed E-state index contributed by atoms with van der Waals surface area (Å²) in [6.07, 6.45) is 3.92. The Morgan fingerprint density at radius 1 is 1.30 bits per heavy atom. The molecule has 1 atom stereocenters. The fourth-order valence-corrected chi connectivity index (χ4v) is 4.72. The zero-order valence-corrected chi connectivity index (χ0v) is 19.7. The molecule has 1 aliphatic carbocycles. The molecule has 0 N–H and O–H groups in total. The molecule has 5 rings (SSSR count). The predicted octanol–water partition coefficient (Wildman–Crippen LogP) is 3.88. The normalized spacial score (nSPS) is 17.5. The van der Waals surface area contributed by atoms with Crippen molar-refractivity contribution in [3.63, 3.8) is 0 Å². The minimum Gasteiger partial charge on any atom is -0.474 e. The maximum absolute atomic E-state index is 6.38. The van der Waals surface area contributed by atoms with Gasteiger partial charge in [0, 0.05) is 19.7 Å². The Hall–Kier alpha value is -3.33. The van der Waals surface area contributed by atoms with Crippen LogP contribution in [0.5, 0.6) is 5.88 Å². The Balaban J connectivity index is 1.57. The second kappa shape index (κ2) is 8.22. The Bertz CT molecular complexity index is 1320. The van der Waals surface area contributed by atoms with Crippen molar-refractivity contribution in [2.24, 2.45) is 7.05 Å². The van der Waals surface area contributed by atoms with Crippen molar-refractivity contribution in [3.8, 4) is 17.3 Å². The number of pyridine rings is 1. The second-order valence-corrected chi connectivity index (χ2v) is 9.09. The fourth-order valence-electron chi connectivity index (χ4n) is 4.51. The fraction of sp³-hybridized carbons (Fsp3) is 0.391. The van der Waals surface area contributed by atoms with E-state index in [2.05, 4.69) is 50.8 Å². The highest BCUT2D eigenvalue weighted by molar-refractivity contribution is 6.32. The van der Waals surface area contributed by atoms with Crippen molar-refractivity contribution in [3.05, 3.63) is 63.8 Å². The van der Waals surface area contributed by atoms with Crippen LogP contribution in [0.4, 0.5) is 0 Å². The van der Waals surface area contributed by atoms with Crippen molar-refractivity contribution in [2.45, 2.75) is 51.6 Å². The van der Waals surface area contributed by atoms with Gasteiger partial charge in [-0.05, 0) is 66.8 Å². The molecule has 1 aromatic carbocycles. The molecule has 4 aromatic rings. The first-order chi connectivity index (χ1) is 15.9. The molecule has 0 radical (unpaired) electrons. The summed E-state index contributed by atoms with van der Waals surface area (Å²) in [7, 11) is 1.84. The lowest BCUT2D eigenvalue weighted by Crippen LogP contribution is -2.30. The van der Waals surface area contributed by atoms with Crippen molar-refractivity contribution in [1.29, 1.82) is 0 Å².